The monoisotopic (exact) mass is 291 g/mol. The third kappa shape index (κ3) is 5.02. The van der Waals surface area contributed by atoms with Crippen molar-refractivity contribution in [2.24, 2.45) is 0 Å². The van der Waals surface area contributed by atoms with Crippen LogP contribution in [-0.4, -0.2) is 57.2 Å². The Morgan fingerprint density at radius 3 is 2.95 bits per heavy atom. The highest BCUT2D eigenvalue weighted by Crippen LogP contribution is 2.18. The van der Waals surface area contributed by atoms with E-state index < -0.39 is 0 Å². The minimum absolute atomic E-state index is 0.0517. The largest absolute Gasteiger partial charge is 0.491 e. The maximum absolute atomic E-state index is 12.4. The van der Waals surface area contributed by atoms with Gasteiger partial charge in [0, 0.05) is 19.1 Å². The molecule has 0 saturated carbocycles. The van der Waals surface area contributed by atoms with Gasteiger partial charge in [0.1, 0.15) is 12.4 Å². The Balaban J connectivity index is 1.95. The molecule has 0 bridgehead atoms. The van der Waals surface area contributed by atoms with Crippen LogP contribution in [0.1, 0.15) is 23.2 Å². The van der Waals surface area contributed by atoms with E-state index in [9.17, 15) is 4.79 Å². The van der Waals surface area contributed by atoms with Crippen LogP contribution < -0.4 is 15.4 Å². The Morgan fingerprint density at radius 1 is 1.43 bits per heavy atom. The number of carbonyl (C=O) groups excluding carboxylic acids is 1. The van der Waals surface area contributed by atoms with Gasteiger partial charge in [0.25, 0.3) is 5.91 Å². The van der Waals surface area contributed by atoms with E-state index in [4.69, 9.17) is 4.74 Å². The minimum atomic E-state index is -0.0517. The van der Waals surface area contributed by atoms with Crippen molar-refractivity contribution < 1.29 is 9.53 Å². The van der Waals surface area contributed by atoms with Gasteiger partial charge in [0.05, 0.1) is 5.56 Å². The molecule has 1 heterocycles. The van der Waals surface area contributed by atoms with Crippen molar-refractivity contribution in [1.29, 1.82) is 0 Å². The van der Waals surface area contributed by atoms with Crippen LogP contribution in [0.3, 0.4) is 0 Å². The second kappa shape index (κ2) is 8.00. The number of nitrogens with one attached hydrogen (secondary N) is 2. The molecule has 0 aromatic heterocycles. The Labute approximate surface area is 126 Å². The van der Waals surface area contributed by atoms with E-state index in [1.807, 2.05) is 38.4 Å². The fraction of sp³-hybridized carbons (Fsp3) is 0.562. The summed E-state index contributed by atoms with van der Waals surface area (Å²) in [4.78, 5) is 14.5. The summed E-state index contributed by atoms with van der Waals surface area (Å²) in [7, 11) is 4.00. The lowest BCUT2D eigenvalue weighted by Gasteiger charge is -2.24. The van der Waals surface area contributed by atoms with E-state index in [1.165, 1.54) is 0 Å². The van der Waals surface area contributed by atoms with Crippen molar-refractivity contribution in [3.05, 3.63) is 29.8 Å². The molecule has 116 valence electrons. The molecular formula is C16H25N3O2. The molecule has 21 heavy (non-hydrogen) atoms. The number of ether oxygens (including phenoxy) is 1. The number of benzene rings is 1. The number of likely N-dealkylation sites (N-methyl/N-ethyl adjacent to an activating group) is 1. The van der Waals surface area contributed by atoms with Gasteiger partial charge >= 0.3 is 0 Å². The lowest BCUT2D eigenvalue weighted by molar-refractivity contribution is 0.0926. The summed E-state index contributed by atoms with van der Waals surface area (Å²) in [5.41, 5.74) is 0.613. The van der Waals surface area contributed by atoms with Gasteiger partial charge in [-0.3, -0.25) is 4.79 Å². The molecule has 1 aromatic rings. The summed E-state index contributed by atoms with van der Waals surface area (Å²) in [6.45, 7) is 3.27. The number of hydrogen-bond acceptors (Lipinski definition) is 4. The Morgan fingerprint density at radius 2 is 2.24 bits per heavy atom. The molecule has 1 aliphatic heterocycles. The zero-order chi connectivity index (χ0) is 15.1. The van der Waals surface area contributed by atoms with Crippen molar-refractivity contribution in [2.45, 2.75) is 18.9 Å². The number of nitrogens with zero attached hydrogens (tertiary/aromatic N) is 1. The molecule has 2 rings (SSSR count). The van der Waals surface area contributed by atoms with Crippen LogP contribution in [0.15, 0.2) is 24.3 Å². The van der Waals surface area contributed by atoms with E-state index in [-0.39, 0.29) is 11.9 Å². The van der Waals surface area contributed by atoms with Crippen LogP contribution in [0, 0.1) is 0 Å². The summed E-state index contributed by atoms with van der Waals surface area (Å²) < 4.78 is 5.74. The number of amides is 1. The van der Waals surface area contributed by atoms with Crippen molar-refractivity contribution in [3.63, 3.8) is 0 Å². The van der Waals surface area contributed by atoms with Gasteiger partial charge in [-0.2, -0.15) is 0 Å². The second-order valence-corrected chi connectivity index (χ2v) is 5.66. The quantitative estimate of drug-likeness (QED) is 0.824. The zero-order valence-electron chi connectivity index (χ0n) is 12.9. The number of carbonyl (C=O) groups is 1. The molecule has 1 aromatic carbocycles. The zero-order valence-corrected chi connectivity index (χ0v) is 12.9. The Bertz CT molecular complexity index is 457. The first-order valence-corrected chi connectivity index (χ1v) is 7.55. The standard InChI is InChI=1S/C16H25N3O2/c1-19(2)10-11-21-15-8-4-3-7-14(15)16(20)18-13-6-5-9-17-12-13/h3-4,7-8,13,17H,5-6,9-12H2,1-2H3,(H,18,20)/t13-/m0/s1. The molecule has 5 nitrogen and oxygen atoms in total. The molecule has 0 unspecified atom stereocenters. The van der Waals surface area contributed by atoms with Crippen molar-refractivity contribution >= 4 is 5.91 Å². The average Bonchev–Trinajstić information content (AvgIpc) is 2.48. The van der Waals surface area contributed by atoms with Gasteiger partial charge in [-0.05, 0) is 45.6 Å². The first kappa shape index (κ1) is 15.8. The van der Waals surface area contributed by atoms with Crippen LogP contribution in [-0.2, 0) is 0 Å². The SMILES string of the molecule is CN(C)CCOc1ccccc1C(=O)N[C@H]1CCCNC1. The van der Waals surface area contributed by atoms with Gasteiger partial charge in [0.2, 0.25) is 0 Å². The highest BCUT2D eigenvalue weighted by Gasteiger charge is 2.18. The minimum Gasteiger partial charge on any atom is -0.491 e. The summed E-state index contributed by atoms with van der Waals surface area (Å²) in [6.07, 6.45) is 2.13. The van der Waals surface area contributed by atoms with Crippen LogP contribution in [0.5, 0.6) is 5.75 Å². The number of piperidine rings is 1. The molecule has 1 atom stereocenters. The molecular weight excluding hydrogens is 266 g/mol. The smallest absolute Gasteiger partial charge is 0.255 e. The first-order valence-electron chi connectivity index (χ1n) is 7.55. The van der Waals surface area contributed by atoms with Crippen molar-refractivity contribution in [1.82, 2.24) is 15.5 Å². The van der Waals surface area contributed by atoms with Crippen LogP contribution in [0.4, 0.5) is 0 Å². The number of para-hydroxylation sites is 1. The fourth-order valence-electron chi connectivity index (χ4n) is 2.36. The number of rotatable bonds is 6. The van der Waals surface area contributed by atoms with Gasteiger partial charge < -0.3 is 20.3 Å². The van der Waals surface area contributed by atoms with Gasteiger partial charge in [-0.25, -0.2) is 0 Å². The predicted molar refractivity (Wildman–Crippen MR) is 83.8 cm³/mol. The van der Waals surface area contributed by atoms with E-state index in [2.05, 4.69) is 15.5 Å². The molecule has 1 aliphatic rings. The topological polar surface area (TPSA) is 53.6 Å². The molecule has 0 radical (unpaired) electrons. The van der Waals surface area contributed by atoms with Gasteiger partial charge in [0.15, 0.2) is 0 Å². The van der Waals surface area contributed by atoms with Crippen LogP contribution in [0.25, 0.3) is 0 Å². The third-order valence-corrected chi connectivity index (χ3v) is 3.56. The van der Waals surface area contributed by atoms with E-state index >= 15 is 0 Å². The summed E-state index contributed by atoms with van der Waals surface area (Å²) in [5, 5.41) is 6.38. The fourth-order valence-corrected chi connectivity index (χ4v) is 2.36. The highest BCUT2D eigenvalue weighted by atomic mass is 16.5. The van der Waals surface area contributed by atoms with Crippen molar-refractivity contribution in [3.8, 4) is 5.75 Å². The summed E-state index contributed by atoms with van der Waals surface area (Å²) in [6, 6.07) is 7.64. The van der Waals surface area contributed by atoms with E-state index in [0.717, 1.165) is 32.5 Å². The first-order chi connectivity index (χ1) is 10.2. The van der Waals surface area contributed by atoms with Crippen LogP contribution >= 0.6 is 0 Å². The van der Waals surface area contributed by atoms with Crippen molar-refractivity contribution in [2.75, 3.05) is 40.3 Å². The average molecular weight is 291 g/mol. The van der Waals surface area contributed by atoms with E-state index in [0.29, 0.717) is 17.9 Å². The summed E-state index contributed by atoms with van der Waals surface area (Å²) >= 11 is 0. The highest BCUT2D eigenvalue weighted by molar-refractivity contribution is 5.97. The predicted octanol–water partition coefficient (Wildman–Crippen LogP) is 1.11. The molecule has 0 aliphatic carbocycles. The molecule has 1 saturated heterocycles. The second-order valence-electron chi connectivity index (χ2n) is 5.66. The Kier molecular flexibility index (Phi) is 6.02. The molecule has 0 spiro atoms. The van der Waals surface area contributed by atoms with Crippen LogP contribution in [0.2, 0.25) is 0 Å². The lowest BCUT2D eigenvalue weighted by atomic mass is 10.1. The van der Waals surface area contributed by atoms with Gasteiger partial charge in [-0.1, -0.05) is 12.1 Å². The molecule has 1 amide bonds. The lowest BCUT2D eigenvalue weighted by Crippen LogP contribution is -2.45. The maximum Gasteiger partial charge on any atom is 0.255 e. The van der Waals surface area contributed by atoms with Gasteiger partial charge in [-0.15, -0.1) is 0 Å². The molecule has 5 heteroatoms. The summed E-state index contributed by atoms with van der Waals surface area (Å²) in [5.74, 6) is 0.602. The molecule has 1 fully saturated rings. The Hall–Kier alpha value is -1.59. The molecule has 2 N–H and O–H groups in total. The normalized spacial score (nSPS) is 18.5. The third-order valence-electron chi connectivity index (χ3n) is 3.56. The number of hydrogen-bond donors (Lipinski definition) is 2. The maximum atomic E-state index is 12.4. The van der Waals surface area contributed by atoms with E-state index in [1.54, 1.807) is 0 Å².